The molecule has 0 heterocycles. The number of carbonyl (C=O) groups is 3. The molecule has 0 aromatic heterocycles. The van der Waals surface area contributed by atoms with Crippen molar-refractivity contribution < 1.29 is 24.2 Å². The maximum absolute atomic E-state index is 12.8. The van der Waals surface area contributed by atoms with Gasteiger partial charge in [-0.15, -0.1) is 0 Å². The van der Waals surface area contributed by atoms with Gasteiger partial charge in [-0.2, -0.15) is 0 Å². The average Bonchev–Trinajstić information content (AvgIpc) is 3.70. The van der Waals surface area contributed by atoms with Crippen LogP contribution in [0.2, 0.25) is 0 Å². The first-order valence-corrected chi connectivity index (χ1v) is 12.1. The van der Waals surface area contributed by atoms with Crippen molar-refractivity contribution in [1.82, 2.24) is 10.6 Å². The van der Waals surface area contributed by atoms with Gasteiger partial charge in [-0.05, 0) is 59.8 Å². The minimum Gasteiger partial charge on any atom is -0.481 e. The Morgan fingerprint density at radius 3 is 2.29 bits per heavy atom. The third kappa shape index (κ3) is 3.54. The van der Waals surface area contributed by atoms with Crippen LogP contribution in [0.4, 0.5) is 4.79 Å². The molecule has 4 aliphatic rings. The number of rotatable bonds is 7. The van der Waals surface area contributed by atoms with Gasteiger partial charge >= 0.3 is 12.1 Å². The zero-order valence-corrected chi connectivity index (χ0v) is 18.8. The summed E-state index contributed by atoms with van der Waals surface area (Å²) in [6, 6.07) is 16.4. The van der Waals surface area contributed by atoms with E-state index in [1.807, 2.05) is 24.3 Å². The zero-order valence-electron chi connectivity index (χ0n) is 18.8. The summed E-state index contributed by atoms with van der Waals surface area (Å²) in [5, 5.41) is 15.0. The number of carbonyl (C=O) groups excluding carboxylic acids is 2. The summed E-state index contributed by atoms with van der Waals surface area (Å²) in [5.74, 6) is -0.754. The van der Waals surface area contributed by atoms with E-state index in [-0.39, 0.29) is 42.2 Å². The Hall–Kier alpha value is -3.35. The first kappa shape index (κ1) is 21.2. The fourth-order valence-corrected chi connectivity index (χ4v) is 6.27. The maximum Gasteiger partial charge on any atom is 0.407 e. The number of nitrogens with one attached hydrogen (secondary N) is 2. The van der Waals surface area contributed by atoms with Gasteiger partial charge in [-0.25, -0.2) is 4.79 Å². The normalized spacial score (nSPS) is 30.0. The number of carboxylic acid groups (broad SMARTS) is 1. The number of alkyl carbamates (subject to hydrolysis) is 1. The molecule has 0 aliphatic heterocycles. The number of benzene rings is 2. The molecule has 3 N–H and O–H groups in total. The fourth-order valence-electron chi connectivity index (χ4n) is 6.27. The lowest BCUT2D eigenvalue weighted by molar-refractivity contribution is -0.139. The number of carboxylic acids is 1. The quantitative estimate of drug-likeness (QED) is 0.586. The first-order chi connectivity index (χ1) is 16.5. The van der Waals surface area contributed by atoms with Crippen molar-refractivity contribution >= 4 is 18.0 Å². The lowest BCUT2D eigenvalue weighted by Crippen LogP contribution is -2.38. The molecule has 0 radical (unpaired) electrons. The lowest BCUT2D eigenvalue weighted by Gasteiger charge is -2.19. The predicted octanol–water partition coefficient (Wildman–Crippen LogP) is 3.53. The van der Waals surface area contributed by atoms with Crippen LogP contribution in [0.5, 0.6) is 0 Å². The van der Waals surface area contributed by atoms with Crippen LogP contribution in [-0.4, -0.2) is 42.3 Å². The van der Waals surface area contributed by atoms with Crippen molar-refractivity contribution in [1.29, 1.82) is 0 Å². The lowest BCUT2D eigenvalue weighted by atomic mass is 9.98. The van der Waals surface area contributed by atoms with Gasteiger partial charge in [0.25, 0.3) is 0 Å². The molecule has 5 atom stereocenters. The monoisotopic (exact) mass is 460 g/mol. The molecule has 0 spiro atoms. The van der Waals surface area contributed by atoms with Crippen LogP contribution in [0.1, 0.15) is 42.7 Å². The van der Waals surface area contributed by atoms with Gasteiger partial charge in [-0.1, -0.05) is 48.5 Å². The molecule has 7 nitrogen and oxygen atoms in total. The Kier molecular flexibility index (Phi) is 4.90. The second-order valence-corrected chi connectivity index (χ2v) is 10.3. The zero-order chi connectivity index (χ0) is 23.4. The molecule has 2 aromatic rings. The van der Waals surface area contributed by atoms with Crippen LogP contribution in [-0.2, 0) is 14.3 Å². The highest BCUT2D eigenvalue weighted by Gasteiger charge is 2.65. The van der Waals surface area contributed by atoms with E-state index < -0.39 is 17.5 Å². The first-order valence-electron chi connectivity index (χ1n) is 12.1. The Balaban J connectivity index is 1.01. The highest BCUT2D eigenvalue weighted by Crippen LogP contribution is 2.63. The molecule has 2 aromatic carbocycles. The van der Waals surface area contributed by atoms with Gasteiger partial charge in [-0.3, -0.25) is 9.59 Å². The minimum absolute atomic E-state index is 0.00498. The second kappa shape index (κ2) is 7.86. The van der Waals surface area contributed by atoms with Crippen molar-refractivity contribution in [2.24, 2.45) is 23.2 Å². The second-order valence-electron chi connectivity index (χ2n) is 10.3. The number of ether oxygens (including phenoxy) is 1. The Morgan fingerprint density at radius 1 is 0.971 bits per heavy atom. The highest BCUT2D eigenvalue weighted by atomic mass is 16.5. The van der Waals surface area contributed by atoms with Crippen LogP contribution in [0.15, 0.2) is 48.5 Å². The molecule has 0 bridgehead atoms. The van der Waals surface area contributed by atoms with Crippen LogP contribution in [0, 0.1) is 23.2 Å². The van der Waals surface area contributed by atoms with Gasteiger partial charge in [0.15, 0.2) is 0 Å². The Bertz CT molecular complexity index is 1130. The third-order valence-corrected chi connectivity index (χ3v) is 8.29. The van der Waals surface area contributed by atoms with Gasteiger partial charge < -0.3 is 20.5 Å². The van der Waals surface area contributed by atoms with Crippen molar-refractivity contribution in [2.45, 2.75) is 37.6 Å². The van der Waals surface area contributed by atoms with E-state index in [1.54, 1.807) is 0 Å². The smallest absolute Gasteiger partial charge is 0.407 e. The average molecular weight is 461 g/mol. The Labute approximate surface area is 197 Å². The topological polar surface area (TPSA) is 105 Å². The van der Waals surface area contributed by atoms with Crippen molar-refractivity contribution in [2.75, 3.05) is 13.2 Å². The number of aliphatic carboxylic acids is 1. The van der Waals surface area contributed by atoms with Crippen molar-refractivity contribution in [3.63, 3.8) is 0 Å². The molecule has 34 heavy (non-hydrogen) atoms. The molecule has 3 saturated carbocycles. The van der Waals surface area contributed by atoms with Crippen LogP contribution in [0.25, 0.3) is 11.1 Å². The van der Waals surface area contributed by atoms with E-state index in [4.69, 9.17) is 9.84 Å². The van der Waals surface area contributed by atoms with Gasteiger partial charge in [0.1, 0.15) is 6.61 Å². The summed E-state index contributed by atoms with van der Waals surface area (Å²) in [5.41, 5.74) is 4.33. The van der Waals surface area contributed by atoms with Gasteiger partial charge in [0.05, 0.1) is 11.3 Å². The molecular formula is C27H28N2O5. The summed E-state index contributed by atoms with van der Waals surface area (Å²) >= 11 is 0. The molecular weight excluding hydrogens is 432 g/mol. The molecule has 4 aliphatic carbocycles. The number of fused-ring (bicyclic) bond motifs is 4. The van der Waals surface area contributed by atoms with Crippen LogP contribution < -0.4 is 10.6 Å². The summed E-state index contributed by atoms with van der Waals surface area (Å²) in [6.45, 7) is 0.697. The van der Waals surface area contributed by atoms with Crippen LogP contribution in [0.3, 0.4) is 0 Å². The summed E-state index contributed by atoms with van der Waals surface area (Å²) in [7, 11) is 0. The van der Waals surface area contributed by atoms with Crippen molar-refractivity contribution in [3.05, 3.63) is 59.7 Å². The molecule has 7 heteroatoms. The third-order valence-electron chi connectivity index (χ3n) is 8.29. The van der Waals surface area contributed by atoms with Gasteiger partial charge in [0.2, 0.25) is 5.91 Å². The summed E-state index contributed by atoms with van der Waals surface area (Å²) in [6.07, 6.45) is 2.43. The molecule has 6 rings (SSSR count). The highest BCUT2D eigenvalue weighted by molar-refractivity contribution is 5.87. The largest absolute Gasteiger partial charge is 0.481 e. The maximum atomic E-state index is 12.8. The predicted molar refractivity (Wildman–Crippen MR) is 124 cm³/mol. The summed E-state index contributed by atoms with van der Waals surface area (Å²) in [4.78, 5) is 36.4. The SMILES string of the molecule is O=C(N[C@H]1C[C@@H]2C[C@]2(C(=O)NCC2CC2C(=O)O)C1)OCC1c2ccccc2-c2ccccc21. The number of hydrogen-bond acceptors (Lipinski definition) is 4. The number of amides is 2. The Morgan fingerprint density at radius 2 is 1.65 bits per heavy atom. The number of hydrogen-bond donors (Lipinski definition) is 3. The molecule has 176 valence electrons. The van der Waals surface area contributed by atoms with E-state index in [1.165, 1.54) is 22.3 Å². The van der Waals surface area contributed by atoms with E-state index in [0.29, 0.717) is 19.4 Å². The summed E-state index contributed by atoms with van der Waals surface area (Å²) < 4.78 is 5.66. The van der Waals surface area contributed by atoms with E-state index in [9.17, 15) is 14.4 Å². The van der Waals surface area contributed by atoms with E-state index in [2.05, 4.69) is 34.9 Å². The van der Waals surface area contributed by atoms with Crippen molar-refractivity contribution in [3.8, 4) is 11.1 Å². The van der Waals surface area contributed by atoms with Gasteiger partial charge in [0, 0.05) is 18.5 Å². The molecule has 3 fully saturated rings. The van der Waals surface area contributed by atoms with Crippen LogP contribution >= 0.6 is 0 Å². The van der Waals surface area contributed by atoms with E-state index in [0.717, 1.165) is 12.8 Å². The standard InChI is InChI=1S/C27H28N2O5/c30-24(31)22-9-15(22)13-28-25(32)27-11-16(27)10-17(12-27)29-26(33)34-14-23-20-7-3-1-5-18(20)19-6-2-4-8-21(19)23/h1-8,15-17,22-23H,9-14H2,(H,28,32)(H,29,33)(H,30,31)/t15?,16-,17+,22?,27+/m1/s1. The fraction of sp³-hybridized carbons (Fsp3) is 0.444. The molecule has 0 saturated heterocycles. The minimum atomic E-state index is -0.782. The molecule has 2 amide bonds. The van der Waals surface area contributed by atoms with E-state index >= 15 is 0 Å². The molecule has 2 unspecified atom stereocenters.